The van der Waals surface area contributed by atoms with Crippen LogP contribution in [0.25, 0.3) is 0 Å². The topological polar surface area (TPSA) is 12.0 Å². The third-order valence-electron chi connectivity index (χ3n) is 2.60. The van der Waals surface area contributed by atoms with E-state index in [2.05, 4.69) is 43.1 Å². The molecule has 0 radical (unpaired) electrons. The van der Waals surface area contributed by atoms with Crippen molar-refractivity contribution in [1.29, 1.82) is 0 Å². The Balaban J connectivity index is 2.60. The molecule has 0 amide bonds. The molecule has 0 spiro atoms. The maximum absolute atomic E-state index is 3.88. The highest BCUT2D eigenvalue weighted by Crippen LogP contribution is 2.35. The van der Waals surface area contributed by atoms with Crippen molar-refractivity contribution >= 4 is 5.69 Å². The average Bonchev–Trinajstić information content (AvgIpc) is 2.19. The van der Waals surface area contributed by atoms with E-state index in [-0.39, 0.29) is 5.41 Å². The van der Waals surface area contributed by atoms with Gasteiger partial charge >= 0.3 is 0 Å². The van der Waals surface area contributed by atoms with Crippen LogP contribution >= 0.6 is 0 Å². The molecule has 1 atom stereocenters. The van der Waals surface area contributed by atoms with Crippen molar-refractivity contribution in [1.82, 2.24) is 0 Å². The molecule has 1 heteroatoms. The van der Waals surface area contributed by atoms with Crippen molar-refractivity contribution in [3.8, 4) is 0 Å². The first kappa shape index (κ1) is 8.11. The summed E-state index contributed by atoms with van der Waals surface area (Å²) in [5.74, 6) is 0. The predicted molar refractivity (Wildman–Crippen MR) is 56.8 cm³/mol. The van der Waals surface area contributed by atoms with E-state index >= 15 is 0 Å². The number of fused-ring (bicyclic) bond motifs is 1. The Labute approximate surface area is 78.8 Å². The number of para-hydroxylation sites is 1. The highest BCUT2D eigenvalue weighted by atomic mass is 14.9. The summed E-state index contributed by atoms with van der Waals surface area (Å²) in [5, 5.41) is 3.22. The van der Waals surface area contributed by atoms with E-state index in [1.807, 2.05) is 18.3 Å². The summed E-state index contributed by atoms with van der Waals surface area (Å²) in [6, 6.07) is 8.31. The largest absolute Gasteiger partial charge is 0.362 e. The molecular weight excluding hydrogens is 158 g/mol. The second kappa shape index (κ2) is 2.77. The Kier molecular flexibility index (Phi) is 1.73. The highest BCUT2D eigenvalue weighted by Gasteiger charge is 2.24. The fourth-order valence-corrected chi connectivity index (χ4v) is 1.65. The third kappa shape index (κ3) is 1.17. The number of hydrogen-bond acceptors (Lipinski definition) is 1. The Morgan fingerprint density at radius 1 is 1.38 bits per heavy atom. The maximum atomic E-state index is 3.88. The lowest BCUT2D eigenvalue weighted by atomic mass is 9.80. The molecular formula is C12H13N. The summed E-state index contributed by atoms with van der Waals surface area (Å²) in [6.07, 6.45) is 6.08. The van der Waals surface area contributed by atoms with Crippen LogP contribution in [-0.2, 0) is 5.41 Å². The van der Waals surface area contributed by atoms with Gasteiger partial charge in [0, 0.05) is 11.1 Å². The molecule has 0 bridgehead atoms. The fraction of sp³-hybridized carbons (Fsp3) is 0.167. The zero-order chi connectivity index (χ0) is 9.31. The van der Waals surface area contributed by atoms with Gasteiger partial charge < -0.3 is 5.32 Å². The Morgan fingerprint density at radius 2 is 2.15 bits per heavy atom. The van der Waals surface area contributed by atoms with Crippen LogP contribution in [0.4, 0.5) is 5.69 Å². The van der Waals surface area contributed by atoms with Crippen molar-refractivity contribution < 1.29 is 0 Å². The highest BCUT2D eigenvalue weighted by molar-refractivity contribution is 5.61. The lowest BCUT2D eigenvalue weighted by Gasteiger charge is -2.28. The van der Waals surface area contributed by atoms with E-state index in [0.717, 1.165) is 0 Å². The summed E-state index contributed by atoms with van der Waals surface area (Å²) in [7, 11) is 0. The zero-order valence-electron chi connectivity index (χ0n) is 7.75. The monoisotopic (exact) mass is 171 g/mol. The van der Waals surface area contributed by atoms with Gasteiger partial charge in [0.1, 0.15) is 0 Å². The molecule has 0 aliphatic carbocycles. The summed E-state index contributed by atoms with van der Waals surface area (Å²) >= 11 is 0. The van der Waals surface area contributed by atoms with Crippen molar-refractivity contribution in [3.05, 3.63) is 54.8 Å². The molecule has 1 N–H and O–H groups in total. The third-order valence-corrected chi connectivity index (χ3v) is 2.60. The van der Waals surface area contributed by atoms with Crippen LogP contribution in [0, 0.1) is 0 Å². The molecule has 1 heterocycles. The van der Waals surface area contributed by atoms with Crippen LogP contribution in [0.2, 0.25) is 0 Å². The van der Waals surface area contributed by atoms with Gasteiger partial charge in [-0.15, -0.1) is 6.58 Å². The first-order chi connectivity index (χ1) is 6.26. The van der Waals surface area contributed by atoms with Gasteiger partial charge in [-0.2, -0.15) is 0 Å². The number of nitrogens with one attached hydrogen (secondary N) is 1. The molecule has 1 unspecified atom stereocenters. The minimum absolute atomic E-state index is 0.0259. The van der Waals surface area contributed by atoms with Gasteiger partial charge in [0.25, 0.3) is 0 Å². The summed E-state index contributed by atoms with van der Waals surface area (Å²) in [6.45, 7) is 6.04. The molecule has 66 valence electrons. The van der Waals surface area contributed by atoms with Gasteiger partial charge in [-0.1, -0.05) is 30.4 Å². The first-order valence-electron chi connectivity index (χ1n) is 4.43. The van der Waals surface area contributed by atoms with Crippen molar-refractivity contribution in [2.24, 2.45) is 0 Å². The molecule has 1 aromatic carbocycles. The smallest absolute Gasteiger partial charge is 0.0424 e. The van der Waals surface area contributed by atoms with E-state index in [0.29, 0.717) is 0 Å². The normalized spacial score (nSPS) is 24.7. The molecule has 13 heavy (non-hydrogen) atoms. The van der Waals surface area contributed by atoms with E-state index in [4.69, 9.17) is 0 Å². The summed E-state index contributed by atoms with van der Waals surface area (Å²) < 4.78 is 0. The van der Waals surface area contributed by atoms with Gasteiger partial charge in [0.2, 0.25) is 0 Å². The molecule has 1 aromatic rings. The molecule has 2 rings (SSSR count). The van der Waals surface area contributed by atoms with E-state index in [9.17, 15) is 0 Å². The number of hydrogen-bond donors (Lipinski definition) is 1. The lowest BCUT2D eigenvalue weighted by Crippen LogP contribution is -2.20. The minimum atomic E-state index is -0.0259. The minimum Gasteiger partial charge on any atom is -0.362 e. The number of rotatable bonds is 1. The Morgan fingerprint density at radius 3 is 2.92 bits per heavy atom. The number of benzene rings is 1. The summed E-state index contributed by atoms with van der Waals surface area (Å²) in [5.41, 5.74) is 2.43. The SMILES string of the molecule is C=CC1(C)C=CNc2ccccc21. The van der Waals surface area contributed by atoms with E-state index in [1.54, 1.807) is 0 Å². The van der Waals surface area contributed by atoms with Gasteiger partial charge in [-0.25, -0.2) is 0 Å². The second-order valence-electron chi connectivity index (χ2n) is 3.51. The molecule has 0 aromatic heterocycles. The van der Waals surface area contributed by atoms with Crippen molar-refractivity contribution in [2.45, 2.75) is 12.3 Å². The quantitative estimate of drug-likeness (QED) is 0.640. The maximum Gasteiger partial charge on any atom is 0.0424 e. The van der Waals surface area contributed by atoms with Crippen LogP contribution in [0.5, 0.6) is 0 Å². The van der Waals surface area contributed by atoms with Gasteiger partial charge in [-0.05, 0) is 24.8 Å². The Hall–Kier alpha value is -1.50. The second-order valence-corrected chi connectivity index (χ2v) is 3.51. The number of allylic oxidation sites excluding steroid dienone is 2. The Bertz CT molecular complexity index is 365. The van der Waals surface area contributed by atoms with Crippen LogP contribution in [0.1, 0.15) is 12.5 Å². The lowest BCUT2D eigenvalue weighted by molar-refractivity contribution is 0.753. The zero-order valence-corrected chi connectivity index (χ0v) is 7.75. The molecule has 0 saturated heterocycles. The van der Waals surface area contributed by atoms with Gasteiger partial charge in [-0.3, -0.25) is 0 Å². The standard InChI is InChI=1S/C12H13N/c1-3-12(2)8-9-13-11-7-5-4-6-10(11)12/h3-9,13H,1H2,2H3. The summed E-state index contributed by atoms with van der Waals surface area (Å²) in [4.78, 5) is 0. The van der Waals surface area contributed by atoms with Crippen LogP contribution < -0.4 is 5.32 Å². The average molecular weight is 171 g/mol. The van der Waals surface area contributed by atoms with E-state index < -0.39 is 0 Å². The van der Waals surface area contributed by atoms with Gasteiger partial charge in [0.05, 0.1) is 0 Å². The van der Waals surface area contributed by atoms with Gasteiger partial charge in [0.15, 0.2) is 0 Å². The van der Waals surface area contributed by atoms with E-state index in [1.165, 1.54) is 11.3 Å². The van der Waals surface area contributed by atoms with Crippen LogP contribution in [0.3, 0.4) is 0 Å². The first-order valence-corrected chi connectivity index (χ1v) is 4.43. The molecule has 0 fully saturated rings. The molecule has 0 saturated carbocycles. The fourth-order valence-electron chi connectivity index (χ4n) is 1.65. The van der Waals surface area contributed by atoms with Crippen LogP contribution in [0.15, 0.2) is 49.2 Å². The predicted octanol–water partition coefficient (Wildman–Crippen LogP) is 3.07. The number of anilines is 1. The molecule has 1 nitrogen and oxygen atoms in total. The molecule has 1 aliphatic heterocycles. The van der Waals surface area contributed by atoms with Crippen LogP contribution in [-0.4, -0.2) is 0 Å². The molecule has 1 aliphatic rings. The van der Waals surface area contributed by atoms with Crippen molar-refractivity contribution in [3.63, 3.8) is 0 Å². The van der Waals surface area contributed by atoms with Crippen molar-refractivity contribution in [2.75, 3.05) is 5.32 Å².